The van der Waals surface area contributed by atoms with E-state index in [0.29, 0.717) is 6.42 Å². The first-order chi connectivity index (χ1) is 7.98. The second-order valence-corrected chi connectivity index (χ2v) is 4.82. The minimum Gasteiger partial charge on any atom is -0.385 e. The van der Waals surface area contributed by atoms with Gasteiger partial charge in [0.25, 0.3) is 0 Å². The van der Waals surface area contributed by atoms with Gasteiger partial charge in [0.1, 0.15) is 6.10 Å². The van der Waals surface area contributed by atoms with Crippen LogP contribution in [0.3, 0.4) is 0 Å². The van der Waals surface area contributed by atoms with Crippen LogP contribution in [-0.2, 0) is 0 Å². The molecule has 17 heavy (non-hydrogen) atoms. The van der Waals surface area contributed by atoms with E-state index < -0.39 is 12.1 Å². The Hall–Kier alpha value is -0.160. The predicted octanol–water partition coefficient (Wildman–Crippen LogP) is 1.90. The zero-order valence-electron chi connectivity index (χ0n) is 10.9. The maximum Gasteiger partial charge on any atom is 0.302 e. The zero-order chi connectivity index (χ0) is 13.1. The van der Waals surface area contributed by atoms with Gasteiger partial charge in [-0.1, -0.05) is 64.7 Å². The smallest absolute Gasteiger partial charge is 0.302 e. The Kier molecular flexibility index (Phi) is 9.74. The molecule has 0 aliphatic heterocycles. The van der Waals surface area contributed by atoms with Gasteiger partial charge in [-0.05, 0) is 6.42 Å². The number of aliphatic hydroxyl groups excluding tert-OH is 1. The van der Waals surface area contributed by atoms with Crippen molar-refractivity contribution in [2.24, 2.45) is 0 Å². The highest BCUT2D eigenvalue weighted by Crippen LogP contribution is 2.14. The van der Waals surface area contributed by atoms with Crippen LogP contribution in [0.1, 0.15) is 71.1 Å². The van der Waals surface area contributed by atoms with Crippen LogP contribution in [0.4, 0.5) is 0 Å². The third-order valence-corrected chi connectivity index (χ3v) is 3.03. The molecule has 1 atom stereocenters. The lowest BCUT2D eigenvalue weighted by Gasteiger charge is -2.20. The van der Waals surface area contributed by atoms with Crippen molar-refractivity contribution >= 4 is 0 Å². The molecule has 0 aliphatic carbocycles. The predicted molar refractivity (Wildman–Crippen MR) is 67.2 cm³/mol. The van der Waals surface area contributed by atoms with Gasteiger partial charge in [0.2, 0.25) is 0 Å². The van der Waals surface area contributed by atoms with Crippen molar-refractivity contribution in [3.8, 4) is 0 Å². The van der Waals surface area contributed by atoms with Crippen molar-refractivity contribution in [1.82, 2.24) is 0 Å². The van der Waals surface area contributed by atoms with Gasteiger partial charge in [-0.3, -0.25) is 0 Å². The first kappa shape index (κ1) is 16.8. The summed E-state index contributed by atoms with van der Waals surface area (Å²) < 4.78 is 0. The molecule has 4 N–H and O–H groups in total. The first-order valence-corrected chi connectivity index (χ1v) is 6.83. The molecule has 1 unspecified atom stereocenters. The molecule has 0 saturated carbocycles. The van der Waals surface area contributed by atoms with Crippen LogP contribution in [0.5, 0.6) is 0 Å². The molecule has 0 heterocycles. The Morgan fingerprint density at radius 1 is 0.765 bits per heavy atom. The molecule has 4 heteroatoms. The minimum absolute atomic E-state index is 0.222. The van der Waals surface area contributed by atoms with E-state index in [1.54, 1.807) is 0 Å². The summed E-state index contributed by atoms with van der Waals surface area (Å²) in [4.78, 5) is 0. The van der Waals surface area contributed by atoms with Gasteiger partial charge in [-0.15, -0.1) is 0 Å². The SMILES string of the molecule is CCCCCCCCCCCC(O)C(O)(O)O. The number of hydrogen-bond acceptors (Lipinski definition) is 4. The van der Waals surface area contributed by atoms with Crippen LogP contribution >= 0.6 is 0 Å². The summed E-state index contributed by atoms with van der Waals surface area (Å²) in [5.74, 6) is -2.94. The topological polar surface area (TPSA) is 80.9 Å². The largest absolute Gasteiger partial charge is 0.385 e. The fourth-order valence-corrected chi connectivity index (χ4v) is 1.84. The molecular formula is C13H28O4. The zero-order valence-corrected chi connectivity index (χ0v) is 10.9. The first-order valence-electron chi connectivity index (χ1n) is 6.83. The fraction of sp³-hybridized carbons (Fsp3) is 1.00. The molecule has 0 rings (SSSR count). The van der Waals surface area contributed by atoms with Gasteiger partial charge in [0, 0.05) is 0 Å². The summed E-state index contributed by atoms with van der Waals surface area (Å²) in [6.07, 6.45) is 9.18. The average Bonchev–Trinajstić information content (AvgIpc) is 2.25. The molecule has 0 radical (unpaired) electrons. The second kappa shape index (κ2) is 9.83. The molecule has 0 saturated heterocycles. The Labute approximate surface area is 104 Å². The summed E-state index contributed by atoms with van der Waals surface area (Å²) >= 11 is 0. The van der Waals surface area contributed by atoms with E-state index >= 15 is 0 Å². The molecular weight excluding hydrogens is 220 g/mol. The summed E-state index contributed by atoms with van der Waals surface area (Å²) in [5.41, 5.74) is 0. The van der Waals surface area contributed by atoms with E-state index in [0.717, 1.165) is 12.8 Å². The van der Waals surface area contributed by atoms with Crippen molar-refractivity contribution in [2.75, 3.05) is 0 Å². The number of rotatable bonds is 11. The normalized spacial score (nSPS) is 13.9. The van der Waals surface area contributed by atoms with Crippen LogP contribution in [0.15, 0.2) is 0 Å². The van der Waals surface area contributed by atoms with E-state index in [2.05, 4.69) is 6.92 Å². The third kappa shape index (κ3) is 10.7. The van der Waals surface area contributed by atoms with E-state index in [9.17, 15) is 0 Å². The Bertz CT molecular complexity index is 165. The van der Waals surface area contributed by atoms with Crippen molar-refractivity contribution < 1.29 is 20.4 Å². The third-order valence-electron chi connectivity index (χ3n) is 3.03. The summed E-state index contributed by atoms with van der Waals surface area (Å²) in [6.45, 7) is 2.20. The lowest BCUT2D eigenvalue weighted by molar-refractivity contribution is -0.355. The lowest BCUT2D eigenvalue weighted by Crippen LogP contribution is -2.41. The fourth-order valence-electron chi connectivity index (χ4n) is 1.84. The number of aliphatic hydroxyl groups is 4. The highest BCUT2D eigenvalue weighted by Gasteiger charge is 2.29. The molecule has 4 nitrogen and oxygen atoms in total. The maximum absolute atomic E-state index is 9.14. The van der Waals surface area contributed by atoms with E-state index in [1.165, 1.54) is 38.5 Å². The molecule has 0 bridgehead atoms. The van der Waals surface area contributed by atoms with Gasteiger partial charge in [0.05, 0.1) is 0 Å². The summed E-state index contributed by atoms with van der Waals surface area (Å²) in [7, 11) is 0. The van der Waals surface area contributed by atoms with Crippen LogP contribution in [-0.4, -0.2) is 32.5 Å². The molecule has 0 aromatic rings. The number of hydrogen-bond donors (Lipinski definition) is 4. The van der Waals surface area contributed by atoms with Crippen molar-refractivity contribution in [1.29, 1.82) is 0 Å². The Morgan fingerprint density at radius 2 is 1.18 bits per heavy atom. The highest BCUT2D eigenvalue weighted by molar-refractivity contribution is 4.62. The summed E-state index contributed by atoms with van der Waals surface area (Å²) in [6, 6.07) is 0. The molecule has 0 aromatic heterocycles. The molecule has 0 fully saturated rings. The molecule has 0 aliphatic rings. The van der Waals surface area contributed by atoms with Gasteiger partial charge >= 0.3 is 5.97 Å². The summed E-state index contributed by atoms with van der Waals surface area (Å²) in [5, 5.41) is 35.1. The van der Waals surface area contributed by atoms with Crippen LogP contribution in [0.2, 0.25) is 0 Å². The van der Waals surface area contributed by atoms with Crippen LogP contribution < -0.4 is 0 Å². The highest BCUT2D eigenvalue weighted by atomic mass is 16.7. The van der Waals surface area contributed by atoms with E-state index in [4.69, 9.17) is 20.4 Å². The number of unbranched alkanes of at least 4 members (excludes halogenated alkanes) is 8. The van der Waals surface area contributed by atoms with Crippen molar-refractivity contribution in [2.45, 2.75) is 83.2 Å². The average molecular weight is 248 g/mol. The molecule has 0 amide bonds. The van der Waals surface area contributed by atoms with Crippen molar-refractivity contribution in [3.63, 3.8) is 0 Å². The van der Waals surface area contributed by atoms with Crippen LogP contribution in [0.25, 0.3) is 0 Å². The van der Waals surface area contributed by atoms with Crippen LogP contribution in [0, 0.1) is 0 Å². The standard InChI is InChI=1S/C13H28O4/c1-2-3-4-5-6-7-8-9-10-11-12(14)13(15,16)17/h12,14-17H,2-11H2,1H3. The molecule has 0 aromatic carbocycles. The second-order valence-electron chi connectivity index (χ2n) is 4.82. The van der Waals surface area contributed by atoms with Gasteiger partial charge < -0.3 is 20.4 Å². The van der Waals surface area contributed by atoms with Gasteiger partial charge in [-0.2, -0.15) is 0 Å². The Balaban J connectivity index is 3.19. The lowest BCUT2D eigenvalue weighted by atomic mass is 10.0. The maximum atomic E-state index is 9.14. The quantitative estimate of drug-likeness (QED) is 0.332. The molecule has 104 valence electrons. The van der Waals surface area contributed by atoms with Gasteiger partial charge in [-0.25, -0.2) is 0 Å². The molecule has 0 spiro atoms. The van der Waals surface area contributed by atoms with Gasteiger partial charge in [0.15, 0.2) is 0 Å². The Morgan fingerprint density at radius 3 is 1.59 bits per heavy atom. The van der Waals surface area contributed by atoms with E-state index in [1.807, 2.05) is 0 Å². The monoisotopic (exact) mass is 248 g/mol. The van der Waals surface area contributed by atoms with E-state index in [-0.39, 0.29) is 6.42 Å². The van der Waals surface area contributed by atoms with Crippen molar-refractivity contribution in [3.05, 3.63) is 0 Å². The minimum atomic E-state index is -2.94.